The second-order valence-corrected chi connectivity index (χ2v) is 10.5. The Balaban J connectivity index is 1.32. The highest BCUT2D eigenvalue weighted by atomic mass is 19.1. The Bertz CT molecular complexity index is 1080. The van der Waals surface area contributed by atoms with Crippen LogP contribution in [0.5, 0.6) is 5.75 Å². The van der Waals surface area contributed by atoms with Crippen molar-refractivity contribution in [2.45, 2.75) is 51.2 Å². The van der Waals surface area contributed by atoms with Crippen molar-refractivity contribution in [3.63, 3.8) is 0 Å². The summed E-state index contributed by atoms with van der Waals surface area (Å²) in [6, 6.07) is 11.3. The fourth-order valence-electron chi connectivity index (χ4n) is 5.13. The minimum atomic E-state index is -1.17. The van der Waals surface area contributed by atoms with Crippen molar-refractivity contribution in [3.05, 3.63) is 53.8 Å². The van der Waals surface area contributed by atoms with Gasteiger partial charge in [-0.15, -0.1) is 0 Å². The summed E-state index contributed by atoms with van der Waals surface area (Å²) in [7, 11) is 0. The van der Waals surface area contributed by atoms with Crippen LogP contribution < -0.4 is 10.5 Å². The number of alkyl halides is 1. The molecule has 6 nitrogen and oxygen atoms in total. The second kappa shape index (κ2) is 10.9. The van der Waals surface area contributed by atoms with Gasteiger partial charge in [0.25, 0.3) is 5.91 Å². The highest BCUT2D eigenvalue weighted by molar-refractivity contribution is 5.98. The van der Waals surface area contributed by atoms with Crippen molar-refractivity contribution in [1.29, 1.82) is 0 Å². The molecule has 2 amide bonds. The van der Waals surface area contributed by atoms with Crippen LogP contribution in [-0.2, 0) is 4.79 Å². The number of primary amides is 1. The molecule has 2 aliphatic heterocycles. The van der Waals surface area contributed by atoms with E-state index in [1.165, 1.54) is 17.0 Å². The fraction of sp³-hybridized carbons (Fsp3) is 0.500. The van der Waals surface area contributed by atoms with Crippen LogP contribution in [0.2, 0.25) is 0 Å². The van der Waals surface area contributed by atoms with Gasteiger partial charge in [-0.25, -0.2) is 8.78 Å². The maximum atomic E-state index is 14.9. The average Bonchev–Trinajstić information content (AvgIpc) is 3.33. The van der Waals surface area contributed by atoms with Crippen LogP contribution in [0.15, 0.2) is 42.5 Å². The zero-order valence-corrected chi connectivity index (χ0v) is 21.0. The molecule has 1 atom stereocenters. The number of carbonyl (C=O) groups excluding carboxylic acids is 2. The molecule has 0 aromatic heterocycles. The normalized spacial score (nSPS) is 19.4. The van der Waals surface area contributed by atoms with Gasteiger partial charge in [0.1, 0.15) is 23.3 Å². The molecule has 2 aromatic rings. The third-order valence-electron chi connectivity index (χ3n) is 7.02. The number of likely N-dealkylation sites (tertiary alicyclic amines) is 2. The Morgan fingerprint density at radius 3 is 2.31 bits per heavy atom. The Labute approximate surface area is 211 Å². The van der Waals surface area contributed by atoms with Crippen molar-refractivity contribution in [3.8, 4) is 16.9 Å². The van der Waals surface area contributed by atoms with E-state index < -0.39 is 29.3 Å². The predicted octanol–water partition coefficient (Wildman–Crippen LogP) is 4.42. The molecule has 0 bridgehead atoms. The minimum absolute atomic E-state index is 0.0621. The lowest BCUT2D eigenvalue weighted by molar-refractivity contribution is -0.121. The molecule has 2 aliphatic rings. The summed E-state index contributed by atoms with van der Waals surface area (Å²) in [5.41, 5.74) is 5.60. The highest BCUT2D eigenvalue weighted by Gasteiger charge is 2.34. The van der Waals surface area contributed by atoms with Gasteiger partial charge in [-0.05, 0) is 93.9 Å². The van der Waals surface area contributed by atoms with E-state index in [0.717, 1.165) is 37.2 Å². The topological polar surface area (TPSA) is 75.9 Å². The summed E-state index contributed by atoms with van der Waals surface area (Å²) < 4.78 is 34.7. The molecule has 0 aliphatic carbocycles. The van der Waals surface area contributed by atoms with Crippen LogP contribution in [0, 0.1) is 11.7 Å². The molecule has 0 unspecified atom stereocenters. The van der Waals surface area contributed by atoms with Crippen molar-refractivity contribution >= 4 is 11.8 Å². The van der Waals surface area contributed by atoms with E-state index in [9.17, 15) is 18.4 Å². The average molecular weight is 500 g/mol. The zero-order valence-electron chi connectivity index (χ0n) is 21.0. The molecule has 0 spiro atoms. The largest absolute Gasteiger partial charge is 0.493 e. The molecule has 8 heteroatoms. The van der Waals surface area contributed by atoms with Crippen molar-refractivity contribution < 1.29 is 23.1 Å². The molecule has 36 heavy (non-hydrogen) atoms. The van der Waals surface area contributed by atoms with Crippen LogP contribution in [0.3, 0.4) is 0 Å². The van der Waals surface area contributed by atoms with Gasteiger partial charge in [-0.3, -0.25) is 9.59 Å². The molecule has 4 rings (SSSR count). The van der Waals surface area contributed by atoms with Crippen LogP contribution in [0.25, 0.3) is 11.1 Å². The first-order valence-corrected chi connectivity index (χ1v) is 12.6. The molecular formula is C28H35F2N3O3. The summed E-state index contributed by atoms with van der Waals surface area (Å²) in [4.78, 5) is 27.9. The minimum Gasteiger partial charge on any atom is -0.493 e. The van der Waals surface area contributed by atoms with Gasteiger partial charge in [0.2, 0.25) is 5.91 Å². The molecule has 2 fully saturated rings. The summed E-state index contributed by atoms with van der Waals surface area (Å²) in [5, 5.41) is 0. The van der Waals surface area contributed by atoms with Crippen molar-refractivity contribution in [2.24, 2.45) is 11.7 Å². The van der Waals surface area contributed by atoms with E-state index in [2.05, 4.69) is 4.90 Å². The number of carbonyl (C=O) groups is 2. The van der Waals surface area contributed by atoms with Crippen LogP contribution in [0.4, 0.5) is 8.78 Å². The monoisotopic (exact) mass is 499 g/mol. The van der Waals surface area contributed by atoms with E-state index in [1.807, 2.05) is 24.3 Å². The fourth-order valence-corrected chi connectivity index (χ4v) is 5.13. The van der Waals surface area contributed by atoms with E-state index >= 15 is 0 Å². The van der Waals surface area contributed by atoms with Gasteiger partial charge >= 0.3 is 0 Å². The lowest BCUT2D eigenvalue weighted by atomic mass is 9.97. The van der Waals surface area contributed by atoms with Crippen LogP contribution >= 0.6 is 0 Å². The number of piperidine rings is 1. The Kier molecular flexibility index (Phi) is 7.93. The maximum Gasteiger partial charge on any atom is 0.257 e. The first kappa shape index (κ1) is 26.1. The highest BCUT2D eigenvalue weighted by Crippen LogP contribution is 2.28. The Morgan fingerprint density at radius 2 is 1.69 bits per heavy atom. The Hall–Kier alpha value is -3.00. The van der Waals surface area contributed by atoms with Gasteiger partial charge in [0.05, 0.1) is 12.2 Å². The zero-order chi connectivity index (χ0) is 25.9. The standard InChI is InChI=1S/C28H35F2N3O3/c1-28(2,30)18-32-14-11-19(12-15-32)17-36-22-8-5-20(6-9-22)21-7-10-23(24(29)16-21)27(35)33-13-3-4-25(33)26(31)34/h5-10,16,19,25H,3-4,11-15,17-18H2,1-2H3,(H2,31,34)/t25-/m0/s1. The first-order valence-electron chi connectivity index (χ1n) is 12.6. The number of ether oxygens (including phenoxy) is 1. The number of hydrogen-bond donors (Lipinski definition) is 1. The van der Waals surface area contributed by atoms with Crippen LogP contribution in [-0.4, -0.2) is 66.1 Å². The summed E-state index contributed by atoms with van der Waals surface area (Å²) in [5.74, 6) is -0.525. The van der Waals surface area contributed by atoms with Gasteiger partial charge in [-0.2, -0.15) is 0 Å². The molecule has 0 radical (unpaired) electrons. The van der Waals surface area contributed by atoms with E-state index in [-0.39, 0.29) is 5.56 Å². The summed E-state index contributed by atoms with van der Waals surface area (Å²) in [6.07, 6.45) is 3.14. The molecule has 2 heterocycles. The van der Waals surface area contributed by atoms with Gasteiger partial charge in [0.15, 0.2) is 0 Å². The number of amides is 2. The lowest BCUT2D eigenvalue weighted by Crippen LogP contribution is -2.43. The predicted molar refractivity (Wildman–Crippen MR) is 135 cm³/mol. The summed E-state index contributed by atoms with van der Waals surface area (Å²) >= 11 is 0. The van der Waals surface area contributed by atoms with Gasteiger partial charge in [0, 0.05) is 13.1 Å². The SMILES string of the molecule is CC(C)(F)CN1CCC(COc2ccc(-c3ccc(C(=O)N4CCC[C@H]4C(N)=O)c(F)c3)cc2)CC1. The van der Waals surface area contributed by atoms with E-state index in [0.29, 0.717) is 44.0 Å². The molecule has 2 N–H and O–H groups in total. The third kappa shape index (κ3) is 6.40. The second-order valence-electron chi connectivity index (χ2n) is 10.5. The number of benzene rings is 2. The Morgan fingerprint density at radius 1 is 1.03 bits per heavy atom. The number of nitrogens with two attached hydrogens (primary N) is 1. The van der Waals surface area contributed by atoms with Crippen molar-refractivity contribution in [1.82, 2.24) is 9.80 Å². The molecule has 2 aromatic carbocycles. The van der Waals surface area contributed by atoms with E-state index in [1.54, 1.807) is 19.9 Å². The first-order chi connectivity index (χ1) is 17.1. The molecule has 0 saturated carbocycles. The van der Waals surface area contributed by atoms with Gasteiger partial charge < -0.3 is 20.3 Å². The van der Waals surface area contributed by atoms with E-state index in [4.69, 9.17) is 10.5 Å². The number of halogens is 2. The third-order valence-corrected chi connectivity index (χ3v) is 7.02. The smallest absolute Gasteiger partial charge is 0.257 e. The molecular weight excluding hydrogens is 464 g/mol. The lowest BCUT2D eigenvalue weighted by Gasteiger charge is -2.34. The van der Waals surface area contributed by atoms with Crippen LogP contribution in [0.1, 0.15) is 49.9 Å². The number of nitrogens with zero attached hydrogens (tertiary/aromatic N) is 2. The molecule has 2 saturated heterocycles. The molecule has 194 valence electrons. The number of rotatable bonds is 8. The summed E-state index contributed by atoms with van der Waals surface area (Å²) in [6.45, 7) is 6.46. The quantitative estimate of drug-likeness (QED) is 0.583. The van der Waals surface area contributed by atoms with Crippen molar-refractivity contribution in [2.75, 3.05) is 32.8 Å². The van der Waals surface area contributed by atoms with Gasteiger partial charge in [-0.1, -0.05) is 18.2 Å². The number of hydrogen-bond acceptors (Lipinski definition) is 4. The maximum absolute atomic E-state index is 14.9.